The van der Waals surface area contributed by atoms with Gasteiger partial charge in [-0.25, -0.2) is 0 Å². The molecular weight excluding hydrogens is 248 g/mol. The van der Waals surface area contributed by atoms with E-state index in [1.165, 1.54) is 0 Å². The number of nitrogens with zero attached hydrogens (tertiary/aromatic N) is 1. The second-order valence-electron chi connectivity index (χ2n) is 4.94. The molecule has 0 spiro atoms. The molecule has 2 N–H and O–H groups in total. The van der Waals surface area contributed by atoms with E-state index in [4.69, 9.17) is 5.73 Å². The minimum absolute atomic E-state index is 0.0662. The molecule has 0 fully saturated rings. The molecule has 2 rings (SSSR count). The van der Waals surface area contributed by atoms with Gasteiger partial charge in [0.25, 0.3) is 0 Å². The zero-order valence-electron chi connectivity index (χ0n) is 12.0. The number of amides is 1. The Morgan fingerprint density at radius 1 is 1.10 bits per heavy atom. The molecule has 2 aromatic carbocycles. The van der Waals surface area contributed by atoms with Crippen molar-refractivity contribution in [2.45, 2.75) is 19.9 Å². The quantitative estimate of drug-likeness (QED) is 0.926. The number of hydrogen-bond acceptors (Lipinski definition) is 2. The van der Waals surface area contributed by atoms with Crippen LogP contribution in [0, 0.1) is 6.92 Å². The summed E-state index contributed by atoms with van der Waals surface area (Å²) in [5.74, 6) is 0.0662. The highest BCUT2D eigenvalue weighted by Crippen LogP contribution is 2.17. The molecular formula is C17H20N2O. The van der Waals surface area contributed by atoms with Gasteiger partial charge in [0.1, 0.15) is 0 Å². The molecule has 0 heterocycles. The smallest absolute Gasteiger partial charge is 0.231 e. The van der Waals surface area contributed by atoms with E-state index in [0.717, 1.165) is 22.4 Å². The third-order valence-electron chi connectivity index (χ3n) is 3.44. The first-order valence-corrected chi connectivity index (χ1v) is 6.72. The molecule has 0 aromatic heterocycles. The van der Waals surface area contributed by atoms with E-state index < -0.39 is 0 Å². The Morgan fingerprint density at radius 3 is 2.45 bits per heavy atom. The molecule has 104 valence electrons. The van der Waals surface area contributed by atoms with Crippen molar-refractivity contribution in [1.82, 2.24) is 0 Å². The maximum absolute atomic E-state index is 12.4. The predicted octanol–water partition coefficient (Wildman–Crippen LogP) is 2.66. The number of carbonyl (C=O) groups is 1. The fourth-order valence-electron chi connectivity index (χ4n) is 2.19. The number of benzene rings is 2. The lowest BCUT2D eigenvalue weighted by atomic mass is 10.0. The zero-order chi connectivity index (χ0) is 14.5. The average Bonchev–Trinajstić information content (AvgIpc) is 2.47. The molecule has 0 radical (unpaired) electrons. The van der Waals surface area contributed by atoms with Gasteiger partial charge in [-0.15, -0.1) is 0 Å². The van der Waals surface area contributed by atoms with Crippen LogP contribution in [-0.2, 0) is 17.8 Å². The van der Waals surface area contributed by atoms with Crippen molar-refractivity contribution in [3.63, 3.8) is 0 Å². The largest absolute Gasteiger partial charge is 0.326 e. The summed E-state index contributed by atoms with van der Waals surface area (Å²) in [7, 11) is 1.81. The van der Waals surface area contributed by atoms with Crippen molar-refractivity contribution in [3.8, 4) is 0 Å². The maximum Gasteiger partial charge on any atom is 0.231 e. The van der Waals surface area contributed by atoms with Crippen LogP contribution in [0.25, 0.3) is 0 Å². The van der Waals surface area contributed by atoms with Gasteiger partial charge in [0.05, 0.1) is 6.42 Å². The first-order chi connectivity index (χ1) is 9.61. The van der Waals surface area contributed by atoms with Crippen LogP contribution in [0.4, 0.5) is 5.69 Å². The summed E-state index contributed by atoms with van der Waals surface area (Å²) < 4.78 is 0. The van der Waals surface area contributed by atoms with Crippen LogP contribution in [-0.4, -0.2) is 13.0 Å². The molecule has 20 heavy (non-hydrogen) atoms. The normalized spacial score (nSPS) is 10.3. The van der Waals surface area contributed by atoms with E-state index in [0.29, 0.717) is 13.0 Å². The fraction of sp³-hybridized carbons (Fsp3) is 0.235. The van der Waals surface area contributed by atoms with Gasteiger partial charge in [0.15, 0.2) is 0 Å². The van der Waals surface area contributed by atoms with Gasteiger partial charge >= 0.3 is 0 Å². The van der Waals surface area contributed by atoms with Crippen molar-refractivity contribution < 1.29 is 4.79 Å². The lowest BCUT2D eigenvalue weighted by Crippen LogP contribution is -2.28. The van der Waals surface area contributed by atoms with E-state index in [1.54, 1.807) is 4.90 Å². The zero-order valence-corrected chi connectivity index (χ0v) is 12.0. The first-order valence-electron chi connectivity index (χ1n) is 6.72. The van der Waals surface area contributed by atoms with Gasteiger partial charge in [0.2, 0.25) is 5.91 Å². The standard InChI is InChI=1S/C17H20N2O/c1-13-6-5-9-16(10-13)19(2)17(20)11-14-7-3-4-8-15(14)12-18/h3-10H,11-12,18H2,1-2H3. The third kappa shape index (κ3) is 3.25. The average molecular weight is 268 g/mol. The summed E-state index contributed by atoms with van der Waals surface area (Å²) in [5.41, 5.74) is 9.79. The van der Waals surface area contributed by atoms with Crippen LogP contribution in [0.2, 0.25) is 0 Å². The fourth-order valence-corrected chi connectivity index (χ4v) is 2.19. The molecule has 0 saturated heterocycles. The Morgan fingerprint density at radius 2 is 1.80 bits per heavy atom. The SMILES string of the molecule is Cc1cccc(N(C)C(=O)Cc2ccccc2CN)c1. The molecule has 2 aromatic rings. The van der Waals surface area contributed by atoms with Gasteiger partial charge in [0, 0.05) is 19.3 Å². The highest BCUT2D eigenvalue weighted by atomic mass is 16.2. The Bertz CT molecular complexity index is 607. The topological polar surface area (TPSA) is 46.3 Å². The van der Waals surface area contributed by atoms with Gasteiger partial charge in [-0.05, 0) is 35.7 Å². The summed E-state index contributed by atoms with van der Waals surface area (Å²) in [6, 6.07) is 15.7. The van der Waals surface area contributed by atoms with E-state index in [1.807, 2.05) is 62.5 Å². The van der Waals surface area contributed by atoms with E-state index in [-0.39, 0.29) is 5.91 Å². The number of aryl methyl sites for hydroxylation is 1. The second-order valence-corrected chi connectivity index (χ2v) is 4.94. The van der Waals surface area contributed by atoms with Crippen molar-refractivity contribution in [3.05, 3.63) is 65.2 Å². The predicted molar refractivity (Wildman–Crippen MR) is 82.6 cm³/mol. The number of rotatable bonds is 4. The monoisotopic (exact) mass is 268 g/mol. The van der Waals surface area contributed by atoms with E-state index >= 15 is 0 Å². The Hall–Kier alpha value is -2.13. The molecule has 3 nitrogen and oxygen atoms in total. The number of anilines is 1. The molecule has 0 aliphatic heterocycles. The van der Waals surface area contributed by atoms with Crippen LogP contribution < -0.4 is 10.6 Å². The molecule has 0 bridgehead atoms. The molecule has 3 heteroatoms. The maximum atomic E-state index is 12.4. The number of hydrogen-bond donors (Lipinski definition) is 1. The molecule has 0 unspecified atom stereocenters. The minimum Gasteiger partial charge on any atom is -0.326 e. The van der Waals surface area contributed by atoms with E-state index in [2.05, 4.69) is 0 Å². The Balaban J connectivity index is 2.15. The van der Waals surface area contributed by atoms with Crippen LogP contribution in [0.5, 0.6) is 0 Å². The molecule has 0 aliphatic rings. The van der Waals surface area contributed by atoms with Crippen LogP contribution in [0.15, 0.2) is 48.5 Å². The molecule has 0 aliphatic carbocycles. The van der Waals surface area contributed by atoms with Crippen molar-refractivity contribution in [2.75, 3.05) is 11.9 Å². The van der Waals surface area contributed by atoms with Crippen molar-refractivity contribution in [2.24, 2.45) is 5.73 Å². The Kier molecular flexibility index (Phi) is 4.53. The number of likely N-dealkylation sites (N-methyl/N-ethyl adjacent to an activating group) is 1. The first kappa shape index (κ1) is 14.3. The number of nitrogens with two attached hydrogens (primary N) is 1. The van der Waals surface area contributed by atoms with Gasteiger partial charge in [-0.2, -0.15) is 0 Å². The molecule has 0 atom stereocenters. The van der Waals surface area contributed by atoms with Crippen molar-refractivity contribution in [1.29, 1.82) is 0 Å². The lowest BCUT2D eigenvalue weighted by molar-refractivity contribution is -0.117. The van der Waals surface area contributed by atoms with Crippen LogP contribution >= 0.6 is 0 Å². The summed E-state index contributed by atoms with van der Waals surface area (Å²) in [6.45, 7) is 2.48. The summed E-state index contributed by atoms with van der Waals surface area (Å²) >= 11 is 0. The third-order valence-corrected chi connectivity index (χ3v) is 3.44. The van der Waals surface area contributed by atoms with Crippen molar-refractivity contribution >= 4 is 11.6 Å². The molecule has 1 amide bonds. The van der Waals surface area contributed by atoms with Gasteiger partial charge in [-0.3, -0.25) is 4.79 Å². The van der Waals surface area contributed by atoms with Crippen LogP contribution in [0.3, 0.4) is 0 Å². The summed E-state index contributed by atoms with van der Waals surface area (Å²) in [5, 5.41) is 0. The number of carbonyl (C=O) groups excluding carboxylic acids is 1. The lowest BCUT2D eigenvalue weighted by Gasteiger charge is -2.18. The highest BCUT2D eigenvalue weighted by molar-refractivity contribution is 5.94. The Labute approximate surface area is 120 Å². The van der Waals surface area contributed by atoms with E-state index in [9.17, 15) is 4.79 Å². The second kappa shape index (κ2) is 6.35. The summed E-state index contributed by atoms with van der Waals surface area (Å²) in [6.07, 6.45) is 0.373. The summed E-state index contributed by atoms with van der Waals surface area (Å²) in [4.78, 5) is 14.1. The van der Waals surface area contributed by atoms with Crippen LogP contribution in [0.1, 0.15) is 16.7 Å². The highest BCUT2D eigenvalue weighted by Gasteiger charge is 2.13. The minimum atomic E-state index is 0.0662. The van der Waals surface area contributed by atoms with Gasteiger partial charge in [-0.1, -0.05) is 36.4 Å². The van der Waals surface area contributed by atoms with Gasteiger partial charge < -0.3 is 10.6 Å². The molecule has 0 saturated carbocycles.